The van der Waals surface area contributed by atoms with E-state index in [2.05, 4.69) is 0 Å². The molecule has 0 aromatic heterocycles. The van der Waals surface area contributed by atoms with Gasteiger partial charge in [-0.05, 0) is 96.3 Å². The van der Waals surface area contributed by atoms with Crippen LogP contribution in [0.25, 0.3) is 12.2 Å². The molecule has 0 saturated heterocycles. The maximum absolute atomic E-state index is 13.6. The highest BCUT2D eigenvalue weighted by Crippen LogP contribution is 2.50. The number of benzene rings is 4. The van der Waals surface area contributed by atoms with E-state index in [1.165, 1.54) is 12.2 Å². The van der Waals surface area contributed by atoms with Gasteiger partial charge in [-0.25, -0.2) is 9.59 Å². The molecule has 0 fully saturated rings. The zero-order valence-corrected chi connectivity index (χ0v) is 40.5. The van der Waals surface area contributed by atoms with E-state index in [4.69, 9.17) is 39.9 Å². The maximum atomic E-state index is 13.6. The molecular formula is C55H70N2O12. The lowest BCUT2D eigenvalue weighted by molar-refractivity contribution is -0.174. The number of hydrogen-bond donors (Lipinski definition) is 4. The summed E-state index contributed by atoms with van der Waals surface area (Å²) in [6.07, 6.45) is 16.0. The number of ether oxygens (including phenoxy) is 6. The molecule has 6 N–H and O–H groups in total. The van der Waals surface area contributed by atoms with Crippen LogP contribution < -0.4 is 30.4 Å². The van der Waals surface area contributed by atoms with Gasteiger partial charge in [0.15, 0.2) is 23.0 Å². The number of hydrogen-bond acceptors (Lipinski definition) is 12. The largest absolute Gasteiger partial charge is 0.493 e. The molecule has 2 unspecified atom stereocenters. The second-order valence-electron chi connectivity index (χ2n) is 16.9. The quantitative estimate of drug-likeness (QED) is 0.0155. The van der Waals surface area contributed by atoms with Crippen LogP contribution in [0.5, 0.6) is 23.0 Å². The van der Waals surface area contributed by atoms with Gasteiger partial charge in [0.25, 0.3) is 0 Å². The van der Waals surface area contributed by atoms with Crippen LogP contribution in [0, 0.1) is 5.41 Å². The second kappa shape index (κ2) is 28.6. The standard InChI is InChI=1S/C55H70N2O12/c1-64-45-31-27-40(38-47(45)66-3)29-33-49(58)68-36-20-11-7-5-9-14-22-42-23-17-18-26-44(42)54(57,55(52(60)61,53(62)63)51(56)43-24-15-13-16-25-43)35-19-10-6-8-12-21-37-69-50(59)34-30-41-28-32-46(65-2)48(39-41)67-4/h13,15-18,23-34,38-39,51H,5-12,14,19-22,35-37,56-57H2,1-4H3,(H,60,61)(H,62,63). The summed E-state index contributed by atoms with van der Waals surface area (Å²) >= 11 is 0. The molecule has 4 rings (SSSR count). The number of aryl methyl sites for hydroxylation is 1. The highest BCUT2D eigenvalue weighted by Gasteiger charge is 2.65. The van der Waals surface area contributed by atoms with Crippen molar-refractivity contribution in [2.75, 3.05) is 41.7 Å². The number of esters is 2. The Kier molecular flexibility index (Phi) is 22.8. The Bertz CT molecular complexity index is 2300. The Labute approximate surface area is 406 Å². The van der Waals surface area contributed by atoms with E-state index < -0.39 is 40.9 Å². The first-order chi connectivity index (χ1) is 33.4. The number of carboxylic acids is 2. The van der Waals surface area contributed by atoms with Gasteiger partial charge in [-0.1, -0.05) is 125 Å². The minimum atomic E-state index is -2.62. The highest BCUT2D eigenvalue weighted by atomic mass is 16.5. The number of unbranched alkanes of at least 4 members (excludes halogenated alkanes) is 10. The molecule has 0 amide bonds. The topological polar surface area (TPSA) is 216 Å². The number of nitrogens with two attached hydrogens (primary N) is 2. The first-order valence-electron chi connectivity index (χ1n) is 23.6. The SMILES string of the molecule is COc1ccc(C=CC(=O)OCCCCCCCCc2ccccc2C(N)(CCCCCCCCOC(=O)C=Cc2ccc(OC)c(OC)c2)C(C(=O)O)(C(=O)O)C(N)c2ccccc2)cc1OC. The number of carboxylic acid groups (broad SMARTS) is 2. The maximum Gasteiger partial charge on any atom is 0.330 e. The molecule has 0 aliphatic heterocycles. The van der Waals surface area contributed by atoms with Crippen LogP contribution in [0.15, 0.2) is 103 Å². The lowest BCUT2D eigenvalue weighted by Gasteiger charge is -2.47. The van der Waals surface area contributed by atoms with E-state index in [0.717, 1.165) is 74.5 Å². The Balaban J connectivity index is 1.32. The summed E-state index contributed by atoms with van der Waals surface area (Å²) in [6, 6.07) is 24.9. The lowest BCUT2D eigenvalue weighted by Crippen LogP contribution is -2.65. The summed E-state index contributed by atoms with van der Waals surface area (Å²) in [5.41, 5.74) is 12.8. The van der Waals surface area contributed by atoms with Gasteiger partial charge in [0.2, 0.25) is 5.41 Å². The minimum Gasteiger partial charge on any atom is -0.493 e. The van der Waals surface area contributed by atoms with Gasteiger partial charge in [0, 0.05) is 12.2 Å². The summed E-state index contributed by atoms with van der Waals surface area (Å²) in [6.45, 7) is 0.564. The molecule has 4 aromatic carbocycles. The molecule has 14 heteroatoms. The van der Waals surface area contributed by atoms with Crippen LogP contribution in [-0.2, 0) is 40.6 Å². The Morgan fingerprint density at radius 3 is 1.46 bits per heavy atom. The fraction of sp³-hybridized carbons (Fsp3) is 0.418. The molecule has 0 bridgehead atoms. The van der Waals surface area contributed by atoms with E-state index in [9.17, 15) is 29.4 Å². The average Bonchev–Trinajstić information content (AvgIpc) is 3.36. The first-order valence-corrected chi connectivity index (χ1v) is 23.6. The monoisotopic (exact) mass is 950 g/mol. The van der Waals surface area contributed by atoms with Crippen molar-refractivity contribution >= 4 is 36.0 Å². The van der Waals surface area contributed by atoms with Gasteiger partial charge < -0.3 is 50.1 Å². The Hall–Kier alpha value is -6.64. The van der Waals surface area contributed by atoms with E-state index >= 15 is 0 Å². The second-order valence-corrected chi connectivity index (χ2v) is 16.9. The lowest BCUT2D eigenvalue weighted by atomic mass is 9.58. The summed E-state index contributed by atoms with van der Waals surface area (Å²) < 4.78 is 31.9. The zero-order valence-electron chi connectivity index (χ0n) is 40.5. The van der Waals surface area contributed by atoms with Gasteiger partial charge in [0.05, 0.1) is 53.2 Å². The Morgan fingerprint density at radius 2 is 0.986 bits per heavy atom. The highest BCUT2D eigenvalue weighted by molar-refractivity contribution is 6.01. The summed E-state index contributed by atoms with van der Waals surface area (Å²) in [7, 11) is 6.21. The molecule has 0 aliphatic rings. The zero-order chi connectivity index (χ0) is 50.1. The van der Waals surface area contributed by atoms with Crippen LogP contribution in [0.4, 0.5) is 0 Å². The normalized spacial score (nSPS) is 12.8. The number of carbonyl (C=O) groups is 4. The molecule has 0 saturated carbocycles. The van der Waals surface area contributed by atoms with E-state index in [1.54, 1.807) is 113 Å². The molecule has 69 heavy (non-hydrogen) atoms. The Morgan fingerprint density at radius 1 is 0.551 bits per heavy atom. The first kappa shape index (κ1) is 55.0. The predicted molar refractivity (Wildman–Crippen MR) is 266 cm³/mol. The van der Waals surface area contributed by atoms with Gasteiger partial charge in [-0.3, -0.25) is 9.59 Å². The number of carbonyl (C=O) groups excluding carboxylic acids is 2. The van der Waals surface area contributed by atoms with Gasteiger partial charge in [0.1, 0.15) is 0 Å². The summed E-state index contributed by atoms with van der Waals surface area (Å²) in [5, 5.41) is 22.1. The van der Waals surface area contributed by atoms with Crippen molar-refractivity contribution in [3.63, 3.8) is 0 Å². The van der Waals surface area contributed by atoms with Crippen LogP contribution >= 0.6 is 0 Å². The van der Waals surface area contributed by atoms with Crippen LogP contribution in [0.1, 0.15) is 117 Å². The third-order valence-corrected chi connectivity index (χ3v) is 12.4. The fourth-order valence-corrected chi connectivity index (χ4v) is 8.67. The molecule has 372 valence electrons. The van der Waals surface area contributed by atoms with Crippen LogP contribution in [0.3, 0.4) is 0 Å². The van der Waals surface area contributed by atoms with Gasteiger partial charge >= 0.3 is 23.9 Å². The number of aliphatic carboxylic acids is 2. The van der Waals surface area contributed by atoms with Crippen molar-refractivity contribution in [2.45, 2.75) is 101 Å². The van der Waals surface area contributed by atoms with Gasteiger partial charge in [-0.2, -0.15) is 0 Å². The van der Waals surface area contributed by atoms with Crippen molar-refractivity contribution in [1.29, 1.82) is 0 Å². The molecule has 2 atom stereocenters. The summed E-state index contributed by atoms with van der Waals surface area (Å²) in [5.74, 6) is -1.78. The van der Waals surface area contributed by atoms with Crippen molar-refractivity contribution in [1.82, 2.24) is 0 Å². The predicted octanol–water partition coefficient (Wildman–Crippen LogP) is 9.86. The van der Waals surface area contributed by atoms with Crippen LogP contribution in [0.2, 0.25) is 0 Å². The average molecular weight is 951 g/mol. The molecule has 0 aliphatic carbocycles. The van der Waals surface area contributed by atoms with Crippen molar-refractivity contribution in [3.8, 4) is 23.0 Å². The smallest absolute Gasteiger partial charge is 0.330 e. The molecular weight excluding hydrogens is 881 g/mol. The molecule has 0 spiro atoms. The van der Waals surface area contributed by atoms with Gasteiger partial charge in [-0.15, -0.1) is 0 Å². The fourth-order valence-electron chi connectivity index (χ4n) is 8.67. The molecule has 0 radical (unpaired) electrons. The van der Waals surface area contributed by atoms with Crippen molar-refractivity contribution in [2.24, 2.45) is 16.9 Å². The molecule has 0 heterocycles. The van der Waals surface area contributed by atoms with E-state index in [0.29, 0.717) is 66.4 Å². The third kappa shape index (κ3) is 15.4. The van der Waals surface area contributed by atoms with Crippen molar-refractivity contribution in [3.05, 3.63) is 131 Å². The van der Waals surface area contributed by atoms with Crippen LogP contribution in [-0.4, -0.2) is 75.7 Å². The van der Waals surface area contributed by atoms with E-state index in [-0.39, 0.29) is 13.0 Å². The third-order valence-electron chi connectivity index (χ3n) is 12.4. The number of methoxy groups -OCH3 is 4. The molecule has 14 nitrogen and oxygen atoms in total. The van der Waals surface area contributed by atoms with E-state index in [1.807, 2.05) is 18.2 Å². The summed E-state index contributed by atoms with van der Waals surface area (Å²) in [4.78, 5) is 51.9. The molecule has 4 aromatic rings. The minimum absolute atomic E-state index is 0.0593. The number of rotatable bonds is 32. The van der Waals surface area contributed by atoms with Crippen molar-refractivity contribution < 1.29 is 57.8 Å².